The third-order valence-electron chi connectivity index (χ3n) is 3.03. The van der Waals surface area contributed by atoms with Crippen LogP contribution in [0.5, 0.6) is 5.75 Å². The van der Waals surface area contributed by atoms with Gasteiger partial charge in [0.1, 0.15) is 17.2 Å². The molecule has 20 heavy (non-hydrogen) atoms. The maximum absolute atomic E-state index is 11.4. The molecule has 0 aliphatic rings. The minimum atomic E-state index is -0.0789. The molecule has 1 aromatic heterocycles. The molecule has 110 valence electrons. The highest BCUT2D eigenvalue weighted by Gasteiger charge is 2.08. The van der Waals surface area contributed by atoms with Gasteiger partial charge in [0.2, 0.25) is 0 Å². The van der Waals surface area contributed by atoms with Gasteiger partial charge in [0.05, 0.1) is 6.61 Å². The number of hydrogen-bond donors (Lipinski definition) is 0. The average Bonchev–Trinajstić information content (AvgIpc) is 2.41. The van der Waals surface area contributed by atoms with Crippen LogP contribution in [0.25, 0.3) is 0 Å². The molecule has 0 radical (unpaired) electrons. The van der Waals surface area contributed by atoms with Crippen LogP contribution in [-0.2, 0) is 4.79 Å². The first-order valence-corrected chi connectivity index (χ1v) is 7.19. The normalized spacial score (nSPS) is 10.3. The predicted molar refractivity (Wildman–Crippen MR) is 78.1 cm³/mol. The SMILES string of the molecule is CC(=O)CCCCCCCOc1cccnc1C(C)=O. The van der Waals surface area contributed by atoms with E-state index in [0.717, 1.165) is 32.1 Å². The largest absolute Gasteiger partial charge is 0.491 e. The van der Waals surface area contributed by atoms with E-state index in [9.17, 15) is 9.59 Å². The Hall–Kier alpha value is -1.71. The maximum Gasteiger partial charge on any atom is 0.181 e. The first kappa shape index (κ1) is 16.3. The summed E-state index contributed by atoms with van der Waals surface area (Å²) < 4.78 is 5.61. The maximum atomic E-state index is 11.4. The Bertz CT molecular complexity index is 443. The molecule has 0 amide bonds. The highest BCUT2D eigenvalue weighted by Crippen LogP contribution is 2.16. The van der Waals surface area contributed by atoms with Crippen molar-refractivity contribution < 1.29 is 14.3 Å². The van der Waals surface area contributed by atoms with Gasteiger partial charge >= 0.3 is 0 Å². The molecule has 1 heterocycles. The number of aromatic nitrogens is 1. The van der Waals surface area contributed by atoms with Crippen molar-refractivity contribution in [2.75, 3.05) is 6.61 Å². The molecule has 0 aromatic carbocycles. The smallest absolute Gasteiger partial charge is 0.181 e. The van der Waals surface area contributed by atoms with Crippen LogP contribution in [-0.4, -0.2) is 23.2 Å². The van der Waals surface area contributed by atoms with Gasteiger partial charge in [-0.3, -0.25) is 4.79 Å². The molecule has 0 saturated heterocycles. The van der Waals surface area contributed by atoms with Crippen molar-refractivity contribution in [3.63, 3.8) is 0 Å². The summed E-state index contributed by atoms with van der Waals surface area (Å²) in [5.74, 6) is 0.753. The van der Waals surface area contributed by atoms with Gasteiger partial charge in [-0.15, -0.1) is 0 Å². The number of hydrogen-bond acceptors (Lipinski definition) is 4. The zero-order valence-electron chi connectivity index (χ0n) is 12.4. The van der Waals surface area contributed by atoms with Crippen LogP contribution in [0.3, 0.4) is 0 Å². The number of pyridine rings is 1. The Labute approximate surface area is 120 Å². The molecular weight excluding hydrogens is 254 g/mol. The van der Waals surface area contributed by atoms with Gasteiger partial charge < -0.3 is 9.53 Å². The quantitative estimate of drug-likeness (QED) is 0.484. The van der Waals surface area contributed by atoms with Crippen molar-refractivity contribution in [1.29, 1.82) is 0 Å². The fourth-order valence-electron chi connectivity index (χ4n) is 1.96. The van der Waals surface area contributed by atoms with Crippen molar-refractivity contribution in [3.05, 3.63) is 24.0 Å². The lowest BCUT2D eigenvalue weighted by Gasteiger charge is -2.08. The zero-order chi connectivity index (χ0) is 14.8. The Morgan fingerprint density at radius 2 is 1.80 bits per heavy atom. The van der Waals surface area contributed by atoms with Crippen molar-refractivity contribution >= 4 is 11.6 Å². The van der Waals surface area contributed by atoms with Crippen molar-refractivity contribution in [2.45, 2.75) is 52.4 Å². The van der Waals surface area contributed by atoms with Crippen LogP contribution in [0.1, 0.15) is 62.9 Å². The third-order valence-corrected chi connectivity index (χ3v) is 3.03. The summed E-state index contributed by atoms with van der Waals surface area (Å²) in [6, 6.07) is 3.54. The lowest BCUT2D eigenvalue weighted by atomic mass is 10.1. The zero-order valence-corrected chi connectivity index (χ0v) is 12.4. The summed E-state index contributed by atoms with van der Waals surface area (Å²) in [6.07, 6.45) is 7.49. The number of carbonyl (C=O) groups excluding carboxylic acids is 2. The lowest BCUT2D eigenvalue weighted by Crippen LogP contribution is -2.04. The van der Waals surface area contributed by atoms with Crippen LogP contribution in [0.4, 0.5) is 0 Å². The van der Waals surface area contributed by atoms with Crippen molar-refractivity contribution in [1.82, 2.24) is 4.98 Å². The minimum absolute atomic E-state index is 0.0789. The number of Topliss-reactive ketones (excluding diaryl/α,β-unsaturated/α-hetero) is 2. The van der Waals surface area contributed by atoms with Gasteiger partial charge in [-0.05, 0) is 31.9 Å². The summed E-state index contributed by atoms with van der Waals surface area (Å²) in [7, 11) is 0. The standard InChI is InChI=1S/C16H23NO3/c1-13(18)9-6-4-3-5-7-12-20-15-10-8-11-17-16(15)14(2)19/h8,10-11H,3-7,9,12H2,1-2H3. The van der Waals surface area contributed by atoms with Gasteiger partial charge in [-0.2, -0.15) is 0 Å². The van der Waals surface area contributed by atoms with Gasteiger partial charge in [0.15, 0.2) is 5.78 Å². The summed E-state index contributed by atoms with van der Waals surface area (Å²) in [5.41, 5.74) is 0.397. The number of carbonyl (C=O) groups is 2. The summed E-state index contributed by atoms with van der Waals surface area (Å²) in [6.45, 7) is 3.72. The summed E-state index contributed by atoms with van der Waals surface area (Å²) in [5, 5.41) is 0. The number of rotatable bonds is 10. The third kappa shape index (κ3) is 6.45. The van der Waals surface area contributed by atoms with Gasteiger partial charge in [0.25, 0.3) is 0 Å². The van der Waals surface area contributed by atoms with E-state index in [1.54, 1.807) is 25.3 Å². The number of nitrogens with zero attached hydrogens (tertiary/aromatic N) is 1. The molecule has 4 heteroatoms. The van der Waals surface area contributed by atoms with Crippen molar-refractivity contribution in [3.8, 4) is 5.75 Å². The van der Waals surface area contributed by atoms with Gasteiger partial charge in [-0.1, -0.05) is 19.3 Å². The van der Waals surface area contributed by atoms with E-state index in [4.69, 9.17) is 4.74 Å². The van der Waals surface area contributed by atoms with Crippen LogP contribution < -0.4 is 4.74 Å². The monoisotopic (exact) mass is 277 g/mol. The summed E-state index contributed by atoms with van der Waals surface area (Å²) >= 11 is 0. The lowest BCUT2D eigenvalue weighted by molar-refractivity contribution is -0.117. The molecule has 0 spiro atoms. The molecule has 1 rings (SSSR count). The van der Waals surface area contributed by atoms with E-state index >= 15 is 0 Å². The molecular formula is C16H23NO3. The highest BCUT2D eigenvalue weighted by molar-refractivity contribution is 5.94. The van der Waals surface area contributed by atoms with E-state index < -0.39 is 0 Å². The summed E-state index contributed by atoms with van der Waals surface area (Å²) in [4.78, 5) is 26.2. The molecule has 0 unspecified atom stereocenters. The Balaban J connectivity index is 2.15. The van der Waals surface area contributed by atoms with Gasteiger partial charge in [-0.25, -0.2) is 4.98 Å². The second-order valence-electron chi connectivity index (χ2n) is 4.97. The van der Waals surface area contributed by atoms with E-state index in [-0.39, 0.29) is 11.6 Å². The van der Waals surface area contributed by atoms with Crippen LogP contribution >= 0.6 is 0 Å². The van der Waals surface area contributed by atoms with E-state index in [1.807, 2.05) is 0 Å². The highest BCUT2D eigenvalue weighted by atomic mass is 16.5. The number of ether oxygens (including phenoxy) is 1. The Morgan fingerprint density at radius 3 is 2.50 bits per heavy atom. The fraction of sp³-hybridized carbons (Fsp3) is 0.562. The second-order valence-corrected chi connectivity index (χ2v) is 4.97. The molecule has 0 N–H and O–H groups in total. The van der Waals surface area contributed by atoms with E-state index in [1.165, 1.54) is 6.92 Å². The minimum Gasteiger partial charge on any atom is -0.491 e. The van der Waals surface area contributed by atoms with Crippen LogP contribution in [0.15, 0.2) is 18.3 Å². The molecule has 4 nitrogen and oxygen atoms in total. The Kier molecular flexibility index (Phi) is 7.55. The topological polar surface area (TPSA) is 56.3 Å². The molecule has 0 bridgehead atoms. The Morgan fingerprint density at radius 1 is 1.10 bits per heavy atom. The molecule has 0 aliphatic heterocycles. The van der Waals surface area contributed by atoms with Crippen LogP contribution in [0.2, 0.25) is 0 Å². The fourth-order valence-corrected chi connectivity index (χ4v) is 1.96. The van der Waals surface area contributed by atoms with Crippen LogP contribution in [0, 0.1) is 0 Å². The molecule has 0 aliphatic carbocycles. The van der Waals surface area contributed by atoms with Crippen molar-refractivity contribution in [2.24, 2.45) is 0 Å². The molecule has 0 saturated carbocycles. The van der Waals surface area contributed by atoms with E-state index in [0.29, 0.717) is 24.5 Å². The van der Waals surface area contributed by atoms with Gasteiger partial charge in [0, 0.05) is 19.5 Å². The van der Waals surface area contributed by atoms with E-state index in [2.05, 4.69) is 4.98 Å². The average molecular weight is 277 g/mol. The molecule has 1 aromatic rings. The number of unbranched alkanes of at least 4 members (excludes halogenated alkanes) is 4. The molecule has 0 fully saturated rings. The first-order chi connectivity index (χ1) is 9.61. The first-order valence-electron chi connectivity index (χ1n) is 7.19. The molecule has 0 atom stereocenters. The predicted octanol–water partition coefficient (Wildman–Crippen LogP) is 3.59. The second kappa shape index (κ2) is 9.23. The number of ketones is 2.